The topological polar surface area (TPSA) is 47.6 Å². The average molecular weight is 201 g/mol. The third-order valence-electron chi connectivity index (χ3n) is 2.16. The van der Waals surface area contributed by atoms with E-state index in [1.165, 1.54) is 0 Å². The molecule has 4 nitrogen and oxygen atoms in total. The van der Waals surface area contributed by atoms with E-state index in [9.17, 15) is 4.79 Å². The van der Waals surface area contributed by atoms with E-state index in [2.05, 4.69) is 5.48 Å². The minimum atomic E-state index is -0.0602. The molecule has 2 atom stereocenters. The Hall–Kier alpha value is -0.610. The highest BCUT2D eigenvalue weighted by molar-refractivity contribution is 5.78. The number of carbonyl (C=O) groups is 1. The molecule has 1 aliphatic heterocycles. The lowest BCUT2D eigenvalue weighted by atomic mass is 10.1. The maximum atomic E-state index is 11.5. The molecule has 2 unspecified atom stereocenters. The van der Waals surface area contributed by atoms with Gasteiger partial charge in [0.25, 0.3) is 0 Å². The highest BCUT2D eigenvalue weighted by Crippen LogP contribution is 2.18. The molecule has 1 rings (SSSR count). The van der Waals surface area contributed by atoms with Crippen molar-refractivity contribution < 1.29 is 14.4 Å². The highest BCUT2D eigenvalue weighted by Gasteiger charge is 2.28. The summed E-state index contributed by atoms with van der Waals surface area (Å²) < 4.78 is 5.30. The molecule has 1 amide bonds. The molecule has 0 aliphatic carbocycles. The summed E-state index contributed by atoms with van der Waals surface area (Å²) in [6.45, 7) is 7.11. The molecule has 0 aromatic rings. The Morgan fingerprint density at radius 3 is 2.86 bits per heavy atom. The second-order valence-corrected chi connectivity index (χ2v) is 4.25. The van der Waals surface area contributed by atoms with Gasteiger partial charge in [0.05, 0.1) is 25.2 Å². The van der Waals surface area contributed by atoms with Gasteiger partial charge in [-0.25, -0.2) is 5.48 Å². The molecule has 4 heteroatoms. The molecule has 82 valence electrons. The average Bonchev–Trinajstić information content (AvgIpc) is 2.51. The van der Waals surface area contributed by atoms with E-state index in [-0.39, 0.29) is 17.9 Å². The van der Waals surface area contributed by atoms with Crippen LogP contribution in [0.1, 0.15) is 27.2 Å². The zero-order valence-corrected chi connectivity index (χ0v) is 9.08. The van der Waals surface area contributed by atoms with E-state index in [1.807, 2.05) is 20.8 Å². The van der Waals surface area contributed by atoms with Crippen LogP contribution < -0.4 is 5.48 Å². The predicted molar refractivity (Wildman–Crippen MR) is 52.5 cm³/mol. The fraction of sp³-hybridized carbons (Fsp3) is 0.900. The van der Waals surface area contributed by atoms with Crippen molar-refractivity contribution in [3.8, 4) is 0 Å². The largest absolute Gasteiger partial charge is 0.378 e. The summed E-state index contributed by atoms with van der Waals surface area (Å²) >= 11 is 0. The summed E-state index contributed by atoms with van der Waals surface area (Å²) in [6, 6.07) is 0. The van der Waals surface area contributed by atoms with Crippen LogP contribution in [-0.4, -0.2) is 25.2 Å². The van der Waals surface area contributed by atoms with E-state index in [0.717, 1.165) is 6.42 Å². The quantitative estimate of drug-likeness (QED) is 0.693. The van der Waals surface area contributed by atoms with Crippen LogP contribution in [-0.2, 0) is 14.4 Å². The van der Waals surface area contributed by atoms with Crippen LogP contribution >= 0.6 is 0 Å². The SMILES string of the molecule is CC(C)CONC(=O)C1COC(C)C1. The molecule has 0 radical (unpaired) electrons. The fourth-order valence-corrected chi connectivity index (χ4v) is 1.36. The zero-order chi connectivity index (χ0) is 10.6. The number of carbonyl (C=O) groups excluding carboxylic acids is 1. The molecule has 1 saturated heterocycles. The number of hydrogen-bond acceptors (Lipinski definition) is 3. The molecule has 1 heterocycles. The van der Waals surface area contributed by atoms with Crippen LogP contribution in [0.4, 0.5) is 0 Å². The molecule has 14 heavy (non-hydrogen) atoms. The minimum absolute atomic E-state index is 0.0443. The van der Waals surface area contributed by atoms with Gasteiger partial charge in [0.15, 0.2) is 0 Å². The standard InChI is InChI=1S/C10H19NO3/c1-7(2)5-14-11-10(12)9-4-8(3)13-6-9/h7-9H,4-6H2,1-3H3,(H,11,12). The third-order valence-corrected chi connectivity index (χ3v) is 2.16. The van der Waals surface area contributed by atoms with E-state index < -0.39 is 0 Å². The molecule has 0 aromatic carbocycles. The van der Waals surface area contributed by atoms with E-state index in [1.54, 1.807) is 0 Å². The second kappa shape index (κ2) is 5.32. The van der Waals surface area contributed by atoms with Crippen molar-refractivity contribution in [2.75, 3.05) is 13.2 Å². The maximum Gasteiger partial charge on any atom is 0.249 e. The van der Waals surface area contributed by atoms with Crippen LogP contribution in [0.25, 0.3) is 0 Å². The van der Waals surface area contributed by atoms with Gasteiger partial charge in [-0.3, -0.25) is 9.63 Å². The fourth-order valence-electron chi connectivity index (χ4n) is 1.36. The van der Waals surface area contributed by atoms with Crippen molar-refractivity contribution in [3.63, 3.8) is 0 Å². The zero-order valence-electron chi connectivity index (χ0n) is 9.08. The number of amides is 1. The Bertz CT molecular complexity index is 194. The molecule has 0 saturated carbocycles. The molecule has 0 spiro atoms. The first-order valence-electron chi connectivity index (χ1n) is 5.13. The van der Waals surface area contributed by atoms with Gasteiger partial charge in [-0.05, 0) is 19.3 Å². The lowest BCUT2D eigenvalue weighted by Crippen LogP contribution is -2.32. The summed E-state index contributed by atoms with van der Waals surface area (Å²) in [5.41, 5.74) is 2.46. The minimum Gasteiger partial charge on any atom is -0.378 e. The monoisotopic (exact) mass is 201 g/mol. The van der Waals surface area contributed by atoms with Gasteiger partial charge >= 0.3 is 0 Å². The van der Waals surface area contributed by atoms with Crippen molar-refractivity contribution in [1.82, 2.24) is 5.48 Å². The molecule has 1 fully saturated rings. The Labute approximate surface area is 84.9 Å². The van der Waals surface area contributed by atoms with Gasteiger partial charge in [-0.15, -0.1) is 0 Å². The Kier molecular flexibility index (Phi) is 4.35. The van der Waals surface area contributed by atoms with Gasteiger partial charge in [-0.1, -0.05) is 13.8 Å². The lowest BCUT2D eigenvalue weighted by Gasteiger charge is -2.10. The van der Waals surface area contributed by atoms with E-state index >= 15 is 0 Å². The first kappa shape index (κ1) is 11.5. The molecular weight excluding hydrogens is 182 g/mol. The Balaban J connectivity index is 2.15. The van der Waals surface area contributed by atoms with Gasteiger partial charge < -0.3 is 4.74 Å². The number of ether oxygens (including phenoxy) is 1. The molecular formula is C10H19NO3. The van der Waals surface area contributed by atoms with E-state index in [0.29, 0.717) is 19.1 Å². The number of nitrogens with one attached hydrogen (secondary N) is 1. The van der Waals surface area contributed by atoms with Gasteiger partial charge in [0.2, 0.25) is 5.91 Å². The number of hydrogen-bond donors (Lipinski definition) is 1. The van der Waals surface area contributed by atoms with E-state index in [4.69, 9.17) is 9.57 Å². The Morgan fingerprint density at radius 2 is 2.36 bits per heavy atom. The van der Waals surface area contributed by atoms with Crippen molar-refractivity contribution in [2.24, 2.45) is 11.8 Å². The van der Waals surface area contributed by atoms with Gasteiger partial charge in [0, 0.05) is 0 Å². The lowest BCUT2D eigenvalue weighted by molar-refractivity contribution is -0.138. The smallest absolute Gasteiger partial charge is 0.249 e. The summed E-state index contributed by atoms with van der Waals surface area (Å²) in [5.74, 6) is 0.321. The first-order chi connectivity index (χ1) is 6.59. The predicted octanol–water partition coefficient (Wildman–Crippen LogP) is 1.12. The highest BCUT2D eigenvalue weighted by atomic mass is 16.7. The summed E-state index contributed by atoms with van der Waals surface area (Å²) in [6.07, 6.45) is 0.979. The number of rotatable bonds is 4. The molecule has 1 N–H and O–H groups in total. The van der Waals surface area contributed by atoms with Crippen molar-refractivity contribution in [2.45, 2.75) is 33.3 Å². The van der Waals surface area contributed by atoms with Gasteiger partial charge in [0.1, 0.15) is 0 Å². The normalized spacial score (nSPS) is 26.9. The first-order valence-corrected chi connectivity index (χ1v) is 5.13. The van der Waals surface area contributed by atoms with Crippen LogP contribution in [0, 0.1) is 11.8 Å². The summed E-state index contributed by atoms with van der Waals surface area (Å²) in [5, 5.41) is 0. The van der Waals surface area contributed by atoms with Crippen molar-refractivity contribution >= 4 is 5.91 Å². The Morgan fingerprint density at radius 1 is 1.64 bits per heavy atom. The summed E-state index contributed by atoms with van der Waals surface area (Å²) in [4.78, 5) is 16.5. The number of hydroxylamine groups is 1. The van der Waals surface area contributed by atoms with Crippen LogP contribution in [0.3, 0.4) is 0 Å². The third kappa shape index (κ3) is 3.64. The maximum absolute atomic E-state index is 11.5. The summed E-state index contributed by atoms with van der Waals surface area (Å²) in [7, 11) is 0. The van der Waals surface area contributed by atoms with Crippen molar-refractivity contribution in [1.29, 1.82) is 0 Å². The molecule has 0 aromatic heterocycles. The van der Waals surface area contributed by atoms with Crippen LogP contribution in [0.2, 0.25) is 0 Å². The molecule has 0 bridgehead atoms. The van der Waals surface area contributed by atoms with Crippen LogP contribution in [0.5, 0.6) is 0 Å². The second-order valence-electron chi connectivity index (χ2n) is 4.25. The van der Waals surface area contributed by atoms with Crippen LogP contribution in [0.15, 0.2) is 0 Å². The molecule has 1 aliphatic rings. The van der Waals surface area contributed by atoms with Gasteiger partial charge in [-0.2, -0.15) is 0 Å². The van der Waals surface area contributed by atoms with Crippen molar-refractivity contribution in [3.05, 3.63) is 0 Å².